The minimum Gasteiger partial charge on any atom is -0.462 e. The van der Waals surface area contributed by atoms with Crippen LogP contribution >= 0.6 is 0 Å². The Balaban J connectivity index is 1.48. The topological polar surface area (TPSA) is 139 Å². The maximum absolute atomic E-state index is 13.2. The Bertz CT molecular complexity index is 1360. The number of rotatable bonds is 6. The molecule has 1 aromatic heterocycles. The molecule has 2 aromatic carbocycles. The van der Waals surface area contributed by atoms with E-state index >= 15 is 0 Å². The van der Waals surface area contributed by atoms with E-state index in [0.717, 1.165) is 0 Å². The number of hydrogen-bond donors (Lipinski definition) is 2. The molecule has 1 amide bonds. The molecule has 2 N–H and O–H groups in total. The fraction of sp³-hybridized carbons (Fsp3) is 0.318. The predicted molar refractivity (Wildman–Crippen MR) is 119 cm³/mol. The first-order valence-corrected chi connectivity index (χ1v) is 11.9. The summed E-state index contributed by atoms with van der Waals surface area (Å²) in [4.78, 5) is 38.6. The van der Waals surface area contributed by atoms with Gasteiger partial charge in [-0.1, -0.05) is 6.07 Å². The van der Waals surface area contributed by atoms with Crippen LogP contribution in [-0.4, -0.2) is 49.3 Å². The summed E-state index contributed by atoms with van der Waals surface area (Å²) in [7, 11) is -3.89. The number of oxazole rings is 1. The van der Waals surface area contributed by atoms with Crippen LogP contribution in [0.3, 0.4) is 0 Å². The van der Waals surface area contributed by atoms with Crippen molar-refractivity contribution >= 4 is 38.7 Å². The van der Waals surface area contributed by atoms with E-state index in [1.165, 1.54) is 28.6 Å². The molecule has 0 aliphatic carbocycles. The van der Waals surface area contributed by atoms with E-state index in [9.17, 15) is 22.8 Å². The molecule has 1 fully saturated rings. The average molecular weight is 474 g/mol. The van der Waals surface area contributed by atoms with Crippen molar-refractivity contribution in [1.82, 2.24) is 9.29 Å². The summed E-state index contributed by atoms with van der Waals surface area (Å²) in [6.45, 7) is 2.24. The highest BCUT2D eigenvalue weighted by Gasteiger charge is 2.33. The second-order valence-corrected chi connectivity index (χ2v) is 9.60. The molecule has 0 bridgehead atoms. The number of carbonyl (C=O) groups is 2. The number of nitrogens with one attached hydrogen (secondary N) is 2. The average Bonchev–Trinajstić information content (AvgIpc) is 3.18. The molecule has 174 valence electrons. The summed E-state index contributed by atoms with van der Waals surface area (Å²) < 4.78 is 37.5. The van der Waals surface area contributed by atoms with Crippen LogP contribution in [0.15, 0.2) is 56.6 Å². The van der Waals surface area contributed by atoms with Gasteiger partial charge in [-0.2, -0.15) is 4.31 Å². The van der Waals surface area contributed by atoms with Crippen LogP contribution in [-0.2, 0) is 19.6 Å². The molecule has 1 saturated heterocycles. The number of aromatic amines is 1. The molecule has 0 saturated carbocycles. The molecule has 1 atom stereocenters. The normalized spacial score (nSPS) is 17.1. The number of amides is 1. The van der Waals surface area contributed by atoms with Crippen LogP contribution in [0.25, 0.3) is 11.1 Å². The van der Waals surface area contributed by atoms with Crippen molar-refractivity contribution < 1.29 is 27.2 Å². The third-order valence-corrected chi connectivity index (χ3v) is 7.29. The highest BCUT2D eigenvalue weighted by atomic mass is 32.2. The Morgan fingerprint density at radius 1 is 1.24 bits per heavy atom. The van der Waals surface area contributed by atoms with Gasteiger partial charge in [0.15, 0.2) is 5.58 Å². The number of carbonyl (C=O) groups excluding carboxylic acids is 2. The number of hydrogen-bond acceptors (Lipinski definition) is 7. The highest BCUT2D eigenvalue weighted by Crippen LogP contribution is 2.26. The fourth-order valence-electron chi connectivity index (χ4n) is 3.79. The van der Waals surface area contributed by atoms with E-state index in [2.05, 4.69) is 10.3 Å². The molecule has 0 spiro atoms. The molecule has 3 aromatic rings. The Labute approximate surface area is 189 Å². The molecule has 4 rings (SSSR count). The van der Waals surface area contributed by atoms with Crippen molar-refractivity contribution in [2.75, 3.05) is 25.0 Å². The van der Waals surface area contributed by atoms with E-state index in [4.69, 9.17) is 9.15 Å². The quantitative estimate of drug-likeness (QED) is 0.524. The van der Waals surface area contributed by atoms with Gasteiger partial charge in [0.05, 0.1) is 28.5 Å². The van der Waals surface area contributed by atoms with Crippen LogP contribution in [0.2, 0.25) is 0 Å². The molecule has 0 radical (unpaired) electrons. The van der Waals surface area contributed by atoms with Gasteiger partial charge < -0.3 is 14.5 Å². The van der Waals surface area contributed by atoms with E-state index in [-0.39, 0.29) is 36.1 Å². The van der Waals surface area contributed by atoms with Crippen LogP contribution in [0.5, 0.6) is 0 Å². The van der Waals surface area contributed by atoms with Crippen LogP contribution in [0.4, 0.5) is 5.69 Å². The van der Waals surface area contributed by atoms with Gasteiger partial charge in [-0.25, -0.2) is 18.0 Å². The lowest BCUT2D eigenvalue weighted by atomic mass is 9.98. The largest absolute Gasteiger partial charge is 0.462 e. The summed E-state index contributed by atoms with van der Waals surface area (Å²) in [6.07, 6.45) is 1.04. The lowest BCUT2D eigenvalue weighted by molar-refractivity contribution is -0.120. The monoisotopic (exact) mass is 473 g/mol. The SMILES string of the molecule is CCOC(=O)c1cccc(NC(=O)[C@@H]2CCCN(S(=O)(=O)c3ccc4[nH]c(=O)oc4c3)C2)c1. The minimum absolute atomic E-state index is 0.0130. The number of H-pyrrole nitrogens is 1. The summed E-state index contributed by atoms with van der Waals surface area (Å²) in [5, 5.41) is 2.77. The predicted octanol–water partition coefficient (Wildman–Crippen LogP) is 2.34. The number of anilines is 1. The Hall–Kier alpha value is -3.44. The standard InChI is InChI=1S/C22H23N3O7S/c1-2-31-21(27)14-5-3-7-16(11-14)23-20(26)15-6-4-10-25(13-15)33(29,30)17-8-9-18-19(12-17)32-22(28)24-18/h3,5,7-9,11-12,15H,2,4,6,10,13H2,1H3,(H,23,26)(H,24,28)/t15-/m1/s1. The Morgan fingerprint density at radius 2 is 2.06 bits per heavy atom. The van der Waals surface area contributed by atoms with Gasteiger partial charge >= 0.3 is 11.7 Å². The summed E-state index contributed by atoms with van der Waals surface area (Å²) in [6, 6.07) is 10.6. The lowest BCUT2D eigenvalue weighted by Crippen LogP contribution is -2.43. The van der Waals surface area contributed by atoms with Crippen LogP contribution < -0.4 is 11.1 Å². The van der Waals surface area contributed by atoms with Gasteiger partial charge in [0, 0.05) is 24.8 Å². The smallest absolute Gasteiger partial charge is 0.417 e. The number of fused-ring (bicyclic) bond motifs is 1. The van der Waals surface area contributed by atoms with Gasteiger partial charge in [-0.05, 0) is 50.1 Å². The second kappa shape index (κ2) is 9.20. The molecule has 10 nitrogen and oxygen atoms in total. The van der Waals surface area contributed by atoms with Gasteiger partial charge in [0.25, 0.3) is 0 Å². The van der Waals surface area contributed by atoms with Gasteiger partial charge in [0.2, 0.25) is 15.9 Å². The van der Waals surface area contributed by atoms with Crippen molar-refractivity contribution in [3.8, 4) is 0 Å². The molecule has 11 heteroatoms. The lowest BCUT2D eigenvalue weighted by Gasteiger charge is -2.31. The van der Waals surface area contributed by atoms with E-state index in [1.807, 2.05) is 0 Å². The molecular weight excluding hydrogens is 450 g/mol. The number of sulfonamides is 1. The van der Waals surface area contributed by atoms with Crippen molar-refractivity contribution in [3.05, 3.63) is 58.6 Å². The van der Waals surface area contributed by atoms with Crippen LogP contribution in [0, 0.1) is 5.92 Å². The van der Waals surface area contributed by atoms with Gasteiger partial charge in [0.1, 0.15) is 0 Å². The number of piperidine rings is 1. The van der Waals surface area contributed by atoms with E-state index in [0.29, 0.717) is 29.6 Å². The molecular formula is C22H23N3O7S. The number of ether oxygens (including phenoxy) is 1. The minimum atomic E-state index is -3.89. The first kappa shape index (κ1) is 22.7. The van der Waals surface area contributed by atoms with Gasteiger partial charge in [-0.3, -0.25) is 9.78 Å². The Kier molecular flexibility index (Phi) is 6.34. The Morgan fingerprint density at radius 3 is 2.85 bits per heavy atom. The third-order valence-electron chi connectivity index (χ3n) is 5.43. The van der Waals surface area contributed by atoms with Crippen molar-refractivity contribution in [3.63, 3.8) is 0 Å². The zero-order chi connectivity index (χ0) is 23.6. The van der Waals surface area contributed by atoms with Crippen molar-refractivity contribution in [1.29, 1.82) is 0 Å². The first-order chi connectivity index (χ1) is 15.8. The first-order valence-electron chi connectivity index (χ1n) is 10.5. The maximum Gasteiger partial charge on any atom is 0.417 e. The maximum atomic E-state index is 13.2. The van der Waals surface area contributed by atoms with Crippen molar-refractivity contribution in [2.24, 2.45) is 5.92 Å². The number of esters is 1. The molecule has 1 aliphatic rings. The van der Waals surface area contributed by atoms with Crippen LogP contribution in [0.1, 0.15) is 30.1 Å². The molecule has 33 heavy (non-hydrogen) atoms. The zero-order valence-electron chi connectivity index (χ0n) is 17.9. The zero-order valence-corrected chi connectivity index (χ0v) is 18.7. The summed E-state index contributed by atoms with van der Waals surface area (Å²) in [5.41, 5.74) is 1.29. The third kappa shape index (κ3) is 4.83. The van der Waals surface area contributed by atoms with Crippen molar-refractivity contribution in [2.45, 2.75) is 24.7 Å². The number of nitrogens with zero attached hydrogens (tertiary/aromatic N) is 1. The number of benzene rings is 2. The molecule has 2 heterocycles. The van der Waals surface area contributed by atoms with Gasteiger partial charge in [-0.15, -0.1) is 0 Å². The fourth-order valence-corrected chi connectivity index (χ4v) is 5.33. The molecule has 0 unspecified atom stereocenters. The number of aromatic nitrogens is 1. The second-order valence-electron chi connectivity index (χ2n) is 7.67. The summed E-state index contributed by atoms with van der Waals surface area (Å²) >= 11 is 0. The van der Waals surface area contributed by atoms with E-state index < -0.39 is 27.7 Å². The summed E-state index contributed by atoms with van der Waals surface area (Å²) in [5.74, 6) is -2.04. The van der Waals surface area contributed by atoms with E-state index in [1.54, 1.807) is 25.1 Å². The molecule has 1 aliphatic heterocycles. The highest BCUT2D eigenvalue weighted by molar-refractivity contribution is 7.89.